The summed E-state index contributed by atoms with van der Waals surface area (Å²) in [4.78, 5) is 121. The zero-order valence-corrected chi connectivity index (χ0v) is 38.1. The van der Waals surface area contributed by atoms with Gasteiger partial charge in [-0.15, -0.1) is 0 Å². The van der Waals surface area contributed by atoms with Crippen LogP contribution in [0.25, 0.3) is 11.5 Å². The number of carbonyl (C=O) groups is 10. The van der Waals surface area contributed by atoms with E-state index in [-0.39, 0.29) is 104 Å². The Morgan fingerprint density at radius 2 is 0.757 bits per heavy atom. The van der Waals surface area contributed by atoms with E-state index in [0.717, 1.165) is 0 Å². The molecule has 14 nitrogen and oxygen atoms in total. The van der Waals surface area contributed by atoms with E-state index < -0.39 is 23.1 Å². The van der Waals surface area contributed by atoms with Crippen molar-refractivity contribution < 1.29 is 58.2 Å². The molecule has 348 valence electrons. The third kappa shape index (κ3) is 10.2. The van der Waals surface area contributed by atoms with Crippen LogP contribution in [0.1, 0.15) is 112 Å². The van der Waals surface area contributed by atoms with Crippen molar-refractivity contribution in [3.63, 3.8) is 0 Å². The van der Waals surface area contributed by atoms with Gasteiger partial charge in [-0.05, 0) is 97.8 Å². The normalized spacial score (nSPS) is 16.1. The Morgan fingerprint density at radius 1 is 0.414 bits per heavy atom. The van der Waals surface area contributed by atoms with Gasteiger partial charge >= 0.3 is 0 Å². The average molecular weight is 935 g/mol. The smallest absolute Gasteiger partial charge is 0.221 e. The molecule has 8 rings (SSSR count). The lowest BCUT2D eigenvalue weighted by Crippen LogP contribution is -2.06. The van der Waals surface area contributed by atoms with Crippen LogP contribution in [0.5, 0.6) is 0 Å². The molecule has 0 atom stereocenters. The molecule has 0 saturated carbocycles. The third-order valence-electron chi connectivity index (χ3n) is 11.2. The molecule has 4 aliphatic rings. The number of Topliss-reactive ketones (excluding diaryl/α,β-unsaturated/α-hetero) is 8. The second kappa shape index (κ2) is 20.3. The molecule has 0 unspecified atom stereocenters. The lowest BCUT2D eigenvalue weighted by Gasteiger charge is -2.03. The standard InChI is InChI=1S/2C28H21NO6/c2*1-15(30)12-17-8-10-19-23(13-17)27(34)21(25(19)32)6-4-3-5-7-22-26(33)20-11-9-18(29-16(2)31)14-24(20)28(22)35/h2*3-11,13-14,34H,12H2,1-2H3,(H,29,31)/b2*5-3+,6-4+,22-7-. The summed E-state index contributed by atoms with van der Waals surface area (Å²) in [5.74, 6) is -3.28. The van der Waals surface area contributed by atoms with Crippen LogP contribution in [0.2, 0.25) is 0 Å². The number of hydrogen-bond acceptors (Lipinski definition) is 12. The fourth-order valence-electron chi connectivity index (χ4n) is 8.12. The molecule has 4 aromatic rings. The first-order valence-corrected chi connectivity index (χ1v) is 21.7. The maximum atomic E-state index is 12.7. The van der Waals surface area contributed by atoms with Crippen LogP contribution in [0.4, 0.5) is 11.4 Å². The number of allylic oxidation sites excluding steroid dienone is 14. The summed E-state index contributed by atoms with van der Waals surface area (Å²) < 4.78 is 0. The Balaban J connectivity index is 0.000000206. The monoisotopic (exact) mass is 934 g/mol. The molecule has 0 aliphatic heterocycles. The number of aliphatic hydroxyl groups excluding tert-OH is 2. The molecule has 0 radical (unpaired) electrons. The second-order valence-corrected chi connectivity index (χ2v) is 16.5. The van der Waals surface area contributed by atoms with E-state index in [1.54, 1.807) is 48.5 Å². The highest BCUT2D eigenvalue weighted by Gasteiger charge is 2.34. The number of fused-ring (bicyclic) bond motifs is 4. The molecule has 0 saturated heterocycles. The number of ketones is 8. The number of aliphatic hydroxyl groups is 2. The number of benzene rings is 4. The Morgan fingerprint density at radius 3 is 1.11 bits per heavy atom. The fraction of sp³-hybridized carbons (Fsp3) is 0.107. The van der Waals surface area contributed by atoms with Crippen molar-refractivity contribution in [3.8, 4) is 0 Å². The Hall–Kier alpha value is -9.30. The quantitative estimate of drug-likeness (QED) is 0.0593. The zero-order chi connectivity index (χ0) is 50.6. The maximum Gasteiger partial charge on any atom is 0.221 e. The largest absolute Gasteiger partial charge is 0.507 e. The topological polar surface area (TPSA) is 235 Å². The maximum absolute atomic E-state index is 12.7. The first-order valence-electron chi connectivity index (χ1n) is 21.7. The van der Waals surface area contributed by atoms with Gasteiger partial charge < -0.3 is 20.8 Å². The lowest BCUT2D eigenvalue weighted by atomic mass is 10.0. The number of nitrogens with one attached hydrogen (secondary N) is 2. The van der Waals surface area contributed by atoms with Gasteiger partial charge in [0.15, 0.2) is 34.7 Å². The Kier molecular flexibility index (Phi) is 14.1. The Labute approximate surface area is 400 Å². The minimum atomic E-state index is -0.436. The van der Waals surface area contributed by atoms with Crippen molar-refractivity contribution in [1.82, 2.24) is 0 Å². The van der Waals surface area contributed by atoms with Crippen molar-refractivity contribution in [3.05, 3.63) is 211 Å². The molecule has 70 heavy (non-hydrogen) atoms. The van der Waals surface area contributed by atoms with Gasteiger partial charge in [0, 0.05) is 82.6 Å². The third-order valence-corrected chi connectivity index (χ3v) is 11.2. The van der Waals surface area contributed by atoms with Crippen LogP contribution in [0, 0.1) is 0 Å². The molecule has 14 heteroatoms. The van der Waals surface area contributed by atoms with Crippen molar-refractivity contribution in [1.29, 1.82) is 0 Å². The van der Waals surface area contributed by atoms with E-state index in [9.17, 15) is 58.2 Å². The molecular weight excluding hydrogens is 893 g/mol. The van der Waals surface area contributed by atoms with Gasteiger partial charge in [0.1, 0.15) is 23.1 Å². The van der Waals surface area contributed by atoms with Crippen LogP contribution in [-0.4, -0.2) is 68.3 Å². The van der Waals surface area contributed by atoms with Crippen LogP contribution < -0.4 is 10.6 Å². The van der Waals surface area contributed by atoms with Crippen molar-refractivity contribution >= 4 is 81.0 Å². The van der Waals surface area contributed by atoms with Crippen LogP contribution in [0.15, 0.2) is 156 Å². The number of amides is 2. The summed E-state index contributed by atoms with van der Waals surface area (Å²) in [7, 11) is 0. The first-order chi connectivity index (χ1) is 33.3. The van der Waals surface area contributed by atoms with E-state index in [1.807, 2.05) is 0 Å². The van der Waals surface area contributed by atoms with Crippen molar-refractivity contribution in [2.24, 2.45) is 0 Å². The van der Waals surface area contributed by atoms with Gasteiger partial charge in [-0.3, -0.25) is 47.9 Å². The van der Waals surface area contributed by atoms with Crippen molar-refractivity contribution in [2.75, 3.05) is 10.6 Å². The molecule has 0 bridgehead atoms. The van der Waals surface area contributed by atoms with Crippen LogP contribution >= 0.6 is 0 Å². The first kappa shape index (κ1) is 48.6. The molecule has 4 aromatic carbocycles. The number of hydrogen-bond donors (Lipinski definition) is 4. The van der Waals surface area contributed by atoms with Gasteiger partial charge in [0.25, 0.3) is 0 Å². The highest BCUT2D eigenvalue weighted by molar-refractivity contribution is 6.40. The van der Waals surface area contributed by atoms with Gasteiger partial charge in [0.05, 0.1) is 22.3 Å². The van der Waals surface area contributed by atoms with E-state index in [4.69, 9.17) is 0 Å². The van der Waals surface area contributed by atoms with Crippen molar-refractivity contribution in [2.45, 2.75) is 40.5 Å². The summed E-state index contributed by atoms with van der Waals surface area (Å²) in [5, 5.41) is 26.2. The number of anilines is 2. The summed E-state index contributed by atoms with van der Waals surface area (Å²) in [6.45, 7) is 5.64. The summed E-state index contributed by atoms with van der Waals surface area (Å²) in [6, 6.07) is 18.9. The van der Waals surface area contributed by atoms with E-state index in [0.29, 0.717) is 44.8 Å². The minimum Gasteiger partial charge on any atom is -0.507 e. The van der Waals surface area contributed by atoms with E-state index >= 15 is 0 Å². The fourth-order valence-corrected chi connectivity index (χ4v) is 8.12. The van der Waals surface area contributed by atoms with E-state index in [2.05, 4.69) is 10.6 Å². The molecule has 0 spiro atoms. The number of carbonyl (C=O) groups excluding carboxylic acids is 10. The SMILES string of the molecule is CC(=O)Cc1ccc2c(c1)C(O)=C(/C=C/C=C/C=C1/C(=O)c3ccc(NC(C)=O)cc3C1=O)C2=O.CC(=O)Cc1ccc2c(c1)C(O)=C(/C=C/C=C/C=C1/C(=O)c3ccc(NC(C)=O)cc3C1=O)C2=O. The minimum absolute atomic E-state index is 0.00552. The molecular formula is C56H42N2O12. The van der Waals surface area contributed by atoms with Gasteiger partial charge in [-0.25, -0.2) is 0 Å². The van der Waals surface area contributed by atoms with Gasteiger partial charge in [-0.2, -0.15) is 0 Å². The molecule has 0 aromatic heterocycles. The summed E-state index contributed by atoms with van der Waals surface area (Å²) >= 11 is 0. The lowest BCUT2D eigenvalue weighted by molar-refractivity contribution is -0.117. The summed E-state index contributed by atoms with van der Waals surface area (Å²) in [5.41, 5.74) is 4.99. The highest BCUT2D eigenvalue weighted by atomic mass is 16.3. The second-order valence-electron chi connectivity index (χ2n) is 16.5. The molecule has 2 amide bonds. The number of rotatable bonds is 12. The van der Waals surface area contributed by atoms with Gasteiger partial charge in [0.2, 0.25) is 11.8 Å². The summed E-state index contributed by atoms with van der Waals surface area (Å²) in [6.07, 6.45) is 15.2. The predicted octanol–water partition coefficient (Wildman–Crippen LogP) is 8.72. The van der Waals surface area contributed by atoms with Gasteiger partial charge in [-0.1, -0.05) is 60.7 Å². The van der Waals surface area contributed by atoms with Crippen LogP contribution in [0.3, 0.4) is 0 Å². The zero-order valence-electron chi connectivity index (χ0n) is 38.1. The molecule has 0 heterocycles. The Bertz CT molecular complexity index is 3120. The molecule has 0 fully saturated rings. The van der Waals surface area contributed by atoms with Crippen LogP contribution in [-0.2, 0) is 32.0 Å². The average Bonchev–Trinajstić information content (AvgIpc) is 3.87. The molecule has 4 N–H and O–H groups in total. The highest BCUT2D eigenvalue weighted by Crippen LogP contribution is 2.35. The predicted molar refractivity (Wildman–Crippen MR) is 261 cm³/mol. The van der Waals surface area contributed by atoms with E-state index in [1.165, 1.54) is 113 Å². The molecule has 4 aliphatic carbocycles.